The van der Waals surface area contributed by atoms with Crippen molar-refractivity contribution in [1.82, 2.24) is 5.32 Å². The van der Waals surface area contributed by atoms with Crippen LogP contribution in [-0.2, 0) is 14.3 Å². The molecule has 0 heterocycles. The van der Waals surface area contributed by atoms with E-state index in [1.54, 1.807) is 0 Å². The molecule has 0 bridgehead atoms. The SMILES string of the molecule is CCCCCCCCCCCCCCCCCCCCC(O)C(CO)NC(=O)CCCCCCCCCCCCCCCCCCCCCCCCCCCCCCCCCCCCCCCOC(=O)CCCCCCCCCCCCCCCCC. The second-order valence-electron chi connectivity index (χ2n) is 28.5. The molecule has 0 aromatic carbocycles. The Labute approximate surface area is 547 Å². The monoisotopic (exact) mass is 1230 g/mol. The third kappa shape index (κ3) is 73.8. The normalized spacial score (nSPS) is 12.4. The fraction of sp³-hybridized carbons (Fsp3) is 0.975. The number of hydrogen-bond acceptors (Lipinski definition) is 5. The fourth-order valence-electron chi connectivity index (χ4n) is 13.5. The van der Waals surface area contributed by atoms with Gasteiger partial charge in [0.2, 0.25) is 5.91 Å². The van der Waals surface area contributed by atoms with Crippen molar-refractivity contribution in [1.29, 1.82) is 0 Å². The Balaban J connectivity index is 3.28. The lowest BCUT2D eigenvalue weighted by atomic mass is 10.0. The van der Waals surface area contributed by atoms with E-state index in [0.717, 1.165) is 38.5 Å². The molecule has 1 amide bonds. The summed E-state index contributed by atoms with van der Waals surface area (Å²) >= 11 is 0. The van der Waals surface area contributed by atoms with Crippen molar-refractivity contribution >= 4 is 11.9 Å². The predicted octanol–water partition coefficient (Wildman–Crippen LogP) is 26.9. The van der Waals surface area contributed by atoms with Crippen LogP contribution in [0.15, 0.2) is 0 Å². The summed E-state index contributed by atoms with van der Waals surface area (Å²) in [6, 6.07) is -0.536. The molecule has 6 nitrogen and oxygen atoms in total. The Morgan fingerprint density at radius 3 is 0.701 bits per heavy atom. The van der Waals surface area contributed by atoms with Crippen molar-refractivity contribution in [2.45, 2.75) is 495 Å². The van der Waals surface area contributed by atoms with Crippen LogP contribution >= 0.6 is 0 Å². The Bertz CT molecular complexity index is 1280. The summed E-state index contributed by atoms with van der Waals surface area (Å²) in [4.78, 5) is 24.6. The summed E-state index contributed by atoms with van der Waals surface area (Å²) in [5.74, 6) is 0.00395. The van der Waals surface area contributed by atoms with Crippen LogP contribution in [0.3, 0.4) is 0 Å². The topological polar surface area (TPSA) is 95.9 Å². The molecule has 87 heavy (non-hydrogen) atoms. The highest BCUT2D eigenvalue weighted by molar-refractivity contribution is 5.76. The molecule has 0 spiro atoms. The van der Waals surface area contributed by atoms with Gasteiger partial charge in [-0.2, -0.15) is 0 Å². The highest BCUT2D eigenvalue weighted by Crippen LogP contribution is 2.21. The molecule has 2 atom stereocenters. The van der Waals surface area contributed by atoms with Crippen molar-refractivity contribution in [3.63, 3.8) is 0 Å². The summed E-state index contributed by atoms with van der Waals surface area (Å²) in [5.41, 5.74) is 0. The van der Waals surface area contributed by atoms with Crippen LogP contribution < -0.4 is 5.32 Å². The number of nitrogens with one attached hydrogen (secondary N) is 1. The molecule has 0 fully saturated rings. The molecule has 0 saturated carbocycles. The fourth-order valence-corrected chi connectivity index (χ4v) is 13.5. The predicted molar refractivity (Wildman–Crippen MR) is 384 cm³/mol. The van der Waals surface area contributed by atoms with Gasteiger partial charge in [0, 0.05) is 12.8 Å². The van der Waals surface area contributed by atoms with Gasteiger partial charge in [-0.3, -0.25) is 9.59 Å². The third-order valence-corrected chi connectivity index (χ3v) is 19.7. The van der Waals surface area contributed by atoms with Crippen LogP contribution in [0.1, 0.15) is 483 Å². The molecule has 0 radical (unpaired) electrons. The van der Waals surface area contributed by atoms with Crippen LogP contribution in [0.25, 0.3) is 0 Å². The van der Waals surface area contributed by atoms with Crippen molar-refractivity contribution in [2.24, 2.45) is 0 Å². The number of amides is 1. The van der Waals surface area contributed by atoms with Crippen LogP contribution in [-0.4, -0.2) is 47.4 Å². The average Bonchev–Trinajstić information content (AvgIpc) is 3.57. The van der Waals surface area contributed by atoms with Gasteiger partial charge in [-0.1, -0.05) is 444 Å². The molecule has 0 aliphatic heterocycles. The highest BCUT2D eigenvalue weighted by atomic mass is 16.5. The maximum Gasteiger partial charge on any atom is 0.305 e. The van der Waals surface area contributed by atoms with E-state index in [4.69, 9.17) is 4.74 Å². The van der Waals surface area contributed by atoms with E-state index >= 15 is 0 Å². The Morgan fingerprint density at radius 1 is 0.276 bits per heavy atom. The third-order valence-electron chi connectivity index (χ3n) is 19.7. The molecule has 0 aliphatic rings. The molecule has 6 heteroatoms. The molecular formula is C81H161NO5. The quantitative estimate of drug-likeness (QED) is 0.0417. The van der Waals surface area contributed by atoms with Gasteiger partial charge in [0.1, 0.15) is 0 Å². The highest BCUT2D eigenvalue weighted by Gasteiger charge is 2.20. The van der Waals surface area contributed by atoms with Gasteiger partial charge in [0.25, 0.3) is 0 Å². The molecule has 0 rings (SSSR count). The summed E-state index contributed by atoms with van der Waals surface area (Å²) in [7, 11) is 0. The zero-order valence-corrected chi connectivity index (χ0v) is 59.8. The number of ether oxygens (including phenoxy) is 1. The maximum atomic E-state index is 12.6. The lowest BCUT2D eigenvalue weighted by molar-refractivity contribution is -0.143. The van der Waals surface area contributed by atoms with E-state index in [2.05, 4.69) is 19.2 Å². The van der Waals surface area contributed by atoms with Crippen molar-refractivity contribution in [3.8, 4) is 0 Å². The van der Waals surface area contributed by atoms with Gasteiger partial charge < -0.3 is 20.3 Å². The summed E-state index contributed by atoms with van der Waals surface area (Å²) < 4.78 is 5.51. The van der Waals surface area contributed by atoms with Gasteiger partial charge >= 0.3 is 5.97 Å². The van der Waals surface area contributed by atoms with E-state index in [0.29, 0.717) is 25.9 Å². The first-order valence-corrected chi connectivity index (χ1v) is 40.8. The molecule has 0 aromatic rings. The Hall–Kier alpha value is -1.14. The minimum absolute atomic E-state index is 0.0238. The van der Waals surface area contributed by atoms with E-state index in [9.17, 15) is 19.8 Å². The maximum absolute atomic E-state index is 12.6. The van der Waals surface area contributed by atoms with Gasteiger partial charge in [-0.15, -0.1) is 0 Å². The van der Waals surface area contributed by atoms with Crippen LogP contribution in [0.2, 0.25) is 0 Å². The average molecular weight is 1230 g/mol. The number of esters is 1. The van der Waals surface area contributed by atoms with Gasteiger partial charge in [-0.05, 0) is 25.7 Å². The molecule has 2 unspecified atom stereocenters. The lowest BCUT2D eigenvalue weighted by Crippen LogP contribution is -2.45. The van der Waals surface area contributed by atoms with E-state index in [-0.39, 0.29) is 18.5 Å². The molecule has 0 aliphatic carbocycles. The van der Waals surface area contributed by atoms with Crippen molar-refractivity contribution in [2.75, 3.05) is 13.2 Å². The first kappa shape index (κ1) is 85.9. The van der Waals surface area contributed by atoms with Gasteiger partial charge in [-0.25, -0.2) is 0 Å². The van der Waals surface area contributed by atoms with E-state index < -0.39 is 12.1 Å². The number of aliphatic hydroxyl groups excluding tert-OH is 2. The second-order valence-corrected chi connectivity index (χ2v) is 28.5. The number of rotatable bonds is 78. The lowest BCUT2D eigenvalue weighted by Gasteiger charge is -2.22. The number of carbonyl (C=O) groups is 2. The zero-order valence-electron chi connectivity index (χ0n) is 59.8. The summed E-state index contributed by atoms with van der Waals surface area (Å²) in [5, 5.41) is 23.4. The Kier molecular flexibility index (Phi) is 76.3. The molecule has 0 saturated heterocycles. The Morgan fingerprint density at radius 2 is 0.471 bits per heavy atom. The summed E-state index contributed by atoms with van der Waals surface area (Å²) in [6.45, 7) is 5.02. The first-order valence-electron chi connectivity index (χ1n) is 40.8. The molecule has 520 valence electrons. The first-order chi connectivity index (χ1) is 43.0. The smallest absolute Gasteiger partial charge is 0.305 e. The van der Waals surface area contributed by atoms with Crippen LogP contribution in [0, 0.1) is 0 Å². The zero-order chi connectivity index (χ0) is 62.8. The number of carbonyl (C=O) groups excluding carboxylic acids is 2. The minimum Gasteiger partial charge on any atom is -0.466 e. The summed E-state index contributed by atoms with van der Waals surface area (Å²) in [6.07, 6.45) is 96.4. The minimum atomic E-state index is -0.660. The molecule has 3 N–H and O–H groups in total. The standard InChI is InChI=1S/C81H161NO5/c1-3-5-7-9-11-13-15-17-19-20-42-46-49-53-57-61-65-69-73-79(84)78(77-83)82-80(85)74-70-66-62-58-54-50-47-43-40-38-36-34-32-30-28-26-24-22-21-23-25-27-29-31-33-35-37-39-41-44-48-52-56-60-64-68-72-76-87-81(86)75-71-67-63-59-55-51-45-18-16-14-12-10-8-6-4-2/h78-79,83-84H,3-77H2,1-2H3,(H,82,85). The van der Waals surface area contributed by atoms with Crippen LogP contribution in [0.4, 0.5) is 0 Å². The van der Waals surface area contributed by atoms with Crippen molar-refractivity contribution in [3.05, 3.63) is 0 Å². The van der Waals surface area contributed by atoms with Gasteiger partial charge in [0.05, 0.1) is 25.4 Å². The second kappa shape index (κ2) is 77.3. The number of hydrogen-bond donors (Lipinski definition) is 3. The molecular weight excluding hydrogens is 1070 g/mol. The van der Waals surface area contributed by atoms with E-state index in [1.807, 2.05) is 0 Å². The number of aliphatic hydroxyl groups is 2. The van der Waals surface area contributed by atoms with Crippen LogP contribution in [0.5, 0.6) is 0 Å². The van der Waals surface area contributed by atoms with Crippen molar-refractivity contribution < 1.29 is 24.5 Å². The number of unbranched alkanes of at least 4 members (excludes halogenated alkanes) is 67. The molecule has 0 aromatic heterocycles. The largest absolute Gasteiger partial charge is 0.466 e. The van der Waals surface area contributed by atoms with E-state index in [1.165, 1.54) is 411 Å². The van der Waals surface area contributed by atoms with Gasteiger partial charge in [0.15, 0.2) is 0 Å².